The van der Waals surface area contributed by atoms with E-state index in [1.54, 1.807) is 17.0 Å². The Bertz CT molecular complexity index is 1270. The Morgan fingerprint density at radius 3 is 2.72 bits per heavy atom. The summed E-state index contributed by atoms with van der Waals surface area (Å²) < 4.78 is 19.2. The molecule has 2 N–H and O–H groups in total. The summed E-state index contributed by atoms with van der Waals surface area (Å²) in [6.07, 6.45) is 4.50. The van der Waals surface area contributed by atoms with Crippen molar-refractivity contribution in [2.45, 2.75) is 69.7 Å². The number of piperidine rings is 1. The number of imide groups is 1. The number of halogens is 1. The fourth-order valence-corrected chi connectivity index (χ4v) is 6.26. The van der Waals surface area contributed by atoms with Gasteiger partial charge in [-0.3, -0.25) is 9.59 Å². The fraction of sp³-hybridized carbons (Fsp3) is 0.500. The molecule has 2 aliphatic carbocycles. The van der Waals surface area contributed by atoms with Gasteiger partial charge in [0, 0.05) is 42.8 Å². The number of fused-ring (bicyclic) bond motifs is 2. The van der Waals surface area contributed by atoms with Crippen molar-refractivity contribution in [2.75, 3.05) is 25.0 Å². The molecule has 3 atom stereocenters. The maximum atomic E-state index is 13.7. The molecule has 1 saturated carbocycles. The SMILES string of the molecule is CC(C1CC1)N(Cc1ccc(F)cc1)C(=O)CN1C(=O)OC2(CCc3cc(NC4CCCNC4)ccc32)C1=O. The molecule has 2 heterocycles. The molecule has 3 fully saturated rings. The zero-order valence-corrected chi connectivity index (χ0v) is 22.2. The van der Waals surface area contributed by atoms with Gasteiger partial charge in [0.25, 0.3) is 5.91 Å². The molecule has 0 radical (unpaired) electrons. The fourth-order valence-electron chi connectivity index (χ4n) is 6.26. The first-order valence-corrected chi connectivity index (χ1v) is 14.0. The Morgan fingerprint density at radius 2 is 2.00 bits per heavy atom. The molecule has 206 valence electrons. The van der Waals surface area contributed by atoms with Crippen LogP contribution in [-0.4, -0.2) is 59.4 Å². The monoisotopic (exact) mass is 534 g/mol. The Kier molecular flexibility index (Phi) is 6.79. The Labute approximate surface area is 227 Å². The molecule has 0 bridgehead atoms. The lowest BCUT2D eigenvalue weighted by molar-refractivity contribution is -0.143. The molecule has 3 amide bonds. The summed E-state index contributed by atoms with van der Waals surface area (Å²) in [6.45, 7) is 3.86. The van der Waals surface area contributed by atoms with E-state index in [2.05, 4.69) is 16.7 Å². The van der Waals surface area contributed by atoms with E-state index < -0.39 is 17.6 Å². The smallest absolute Gasteiger partial charge is 0.418 e. The second-order valence-corrected chi connectivity index (χ2v) is 11.4. The van der Waals surface area contributed by atoms with E-state index >= 15 is 0 Å². The van der Waals surface area contributed by atoms with Crippen LogP contribution < -0.4 is 10.6 Å². The van der Waals surface area contributed by atoms with Crippen LogP contribution in [0.1, 0.15) is 55.7 Å². The minimum Gasteiger partial charge on any atom is -0.427 e. The predicted molar refractivity (Wildman–Crippen MR) is 143 cm³/mol. The van der Waals surface area contributed by atoms with Crippen molar-refractivity contribution in [1.82, 2.24) is 15.1 Å². The number of anilines is 1. The predicted octanol–water partition coefficient (Wildman–Crippen LogP) is 3.94. The molecule has 39 heavy (non-hydrogen) atoms. The summed E-state index contributed by atoms with van der Waals surface area (Å²) in [5, 5.41) is 6.97. The molecule has 4 aliphatic rings. The minimum atomic E-state index is -1.37. The molecule has 2 aromatic carbocycles. The number of hydrogen-bond donors (Lipinski definition) is 2. The highest BCUT2D eigenvalue weighted by Crippen LogP contribution is 2.46. The number of nitrogens with zero attached hydrogens (tertiary/aromatic N) is 2. The van der Waals surface area contributed by atoms with E-state index in [0.29, 0.717) is 30.4 Å². The van der Waals surface area contributed by atoms with Crippen molar-refractivity contribution in [3.05, 3.63) is 65.0 Å². The number of ether oxygens (including phenoxy) is 1. The van der Waals surface area contributed by atoms with E-state index in [0.717, 1.165) is 60.5 Å². The summed E-state index contributed by atoms with van der Waals surface area (Å²) in [7, 11) is 0. The summed E-state index contributed by atoms with van der Waals surface area (Å²) in [5.41, 5.74) is 2.11. The van der Waals surface area contributed by atoms with Crippen molar-refractivity contribution in [3.63, 3.8) is 0 Å². The summed E-state index contributed by atoms with van der Waals surface area (Å²) in [5.74, 6) is -0.748. The highest BCUT2D eigenvalue weighted by Gasteiger charge is 2.58. The molecule has 3 unspecified atom stereocenters. The molecule has 2 saturated heterocycles. The van der Waals surface area contributed by atoms with Gasteiger partial charge in [-0.05, 0) is 86.9 Å². The van der Waals surface area contributed by atoms with Crippen LogP contribution in [0.5, 0.6) is 0 Å². The molecule has 9 heteroatoms. The maximum absolute atomic E-state index is 13.7. The van der Waals surface area contributed by atoms with Gasteiger partial charge >= 0.3 is 6.09 Å². The molecule has 2 aromatic rings. The second-order valence-electron chi connectivity index (χ2n) is 11.4. The van der Waals surface area contributed by atoms with Gasteiger partial charge < -0.3 is 20.3 Å². The number of carbonyl (C=O) groups is 3. The zero-order chi connectivity index (χ0) is 27.1. The first kappa shape index (κ1) is 25.8. The van der Waals surface area contributed by atoms with Crippen molar-refractivity contribution in [1.29, 1.82) is 0 Å². The zero-order valence-electron chi connectivity index (χ0n) is 22.2. The van der Waals surface area contributed by atoms with Gasteiger partial charge in [0.15, 0.2) is 0 Å². The summed E-state index contributed by atoms with van der Waals surface area (Å²) in [6, 6.07) is 12.2. The van der Waals surface area contributed by atoms with Gasteiger partial charge in [0.05, 0.1) is 0 Å². The molecular formula is C30H35FN4O4. The molecule has 2 aliphatic heterocycles. The number of rotatable bonds is 8. The van der Waals surface area contributed by atoms with Crippen LogP contribution in [0.15, 0.2) is 42.5 Å². The highest BCUT2D eigenvalue weighted by molar-refractivity contribution is 6.06. The van der Waals surface area contributed by atoms with Gasteiger partial charge in [0.2, 0.25) is 11.5 Å². The standard InChI is InChI=1S/C30H35FN4O4/c1-19(21-6-7-21)34(17-20-4-8-23(31)9-5-20)27(36)18-35-28(37)30(39-29(35)38)13-12-22-15-24(10-11-26(22)30)33-25-3-2-14-32-16-25/h4-5,8-11,15,19,21,25,32-33H,2-3,6-7,12-14,16-18H2,1H3. The van der Waals surface area contributed by atoms with Crippen LogP contribution in [0, 0.1) is 11.7 Å². The summed E-state index contributed by atoms with van der Waals surface area (Å²) in [4.78, 5) is 43.0. The van der Waals surface area contributed by atoms with Crippen LogP contribution in [0.3, 0.4) is 0 Å². The van der Waals surface area contributed by atoms with Crippen LogP contribution >= 0.6 is 0 Å². The number of hydrogen-bond acceptors (Lipinski definition) is 6. The van der Waals surface area contributed by atoms with Crippen LogP contribution in [0.4, 0.5) is 14.9 Å². The number of benzene rings is 2. The maximum Gasteiger partial charge on any atom is 0.418 e. The van der Waals surface area contributed by atoms with Crippen LogP contribution in [0.2, 0.25) is 0 Å². The Balaban J connectivity index is 1.18. The van der Waals surface area contributed by atoms with Crippen LogP contribution in [-0.2, 0) is 32.9 Å². The summed E-state index contributed by atoms with van der Waals surface area (Å²) >= 11 is 0. The topological polar surface area (TPSA) is 91.0 Å². The van der Waals surface area contributed by atoms with E-state index in [9.17, 15) is 18.8 Å². The number of amides is 3. The van der Waals surface area contributed by atoms with Gasteiger partial charge in [0.1, 0.15) is 12.4 Å². The molecule has 0 aromatic heterocycles. The second kappa shape index (κ2) is 10.3. The van der Waals surface area contributed by atoms with Gasteiger partial charge in [-0.25, -0.2) is 14.1 Å². The van der Waals surface area contributed by atoms with E-state index in [1.807, 2.05) is 19.1 Å². The number of nitrogens with one attached hydrogen (secondary N) is 2. The van der Waals surface area contributed by atoms with Crippen molar-refractivity contribution in [3.8, 4) is 0 Å². The van der Waals surface area contributed by atoms with E-state index in [-0.39, 0.29) is 30.9 Å². The Hall–Kier alpha value is -3.46. The molecule has 1 spiro atoms. The van der Waals surface area contributed by atoms with Crippen molar-refractivity contribution in [2.24, 2.45) is 5.92 Å². The van der Waals surface area contributed by atoms with Crippen molar-refractivity contribution < 1.29 is 23.5 Å². The van der Waals surface area contributed by atoms with Gasteiger partial charge in [-0.15, -0.1) is 0 Å². The van der Waals surface area contributed by atoms with E-state index in [4.69, 9.17) is 4.74 Å². The lowest BCUT2D eigenvalue weighted by Gasteiger charge is -2.30. The average Bonchev–Trinajstić information content (AvgIpc) is 3.69. The highest BCUT2D eigenvalue weighted by atomic mass is 19.1. The lowest BCUT2D eigenvalue weighted by Crippen LogP contribution is -2.47. The molecule has 6 rings (SSSR count). The third kappa shape index (κ3) is 5.00. The number of aryl methyl sites for hydroxylation is 1. The first-order valence-electron chi connectivity index (χ1n) is 14.0. The van der Waals surface area contributed by atoms with Crippen molar-refractivity contribution >= 4 is 23.6 Å². The largest absolute Gasteiger partial charge is 0.427 e. The molecule has 8 nitrogen and oxygen atoms in total. The van der Waals surface area contributed by atoms with Gasteiger partial charge in [-0.1, -0.05) is 18.2 Å². The average molecular weight is 535 g/mol. The third-order valence-electron chi connectivity index (χ3n) is 8.70. The lowest BCUT2D eigenvalue weighted by atomic mass is 9.94. The van der Waals surface area contributed by atoms with E-state index in [1.165, 1.54) is 12.1 Å². The number of carbonyl (C=O) groups excluding carboxylic acids is 3. The quantitative estimate of drug-likeness (QED) is 0.533. The Morgan fingerprint density at radius 1 is 1.21 bits per heavy atom. The normalized spacial score (nSPS) is 25.0. The van der Waals surface area contributed by atoms with Crippen LogP contribution in [0.25, 0.3) is 0 Å². The third-order valence-corrected chi connectivity index (χ3v) is 8.70. The van der Waals surface area contributed by atoms with Gasteiger partial charge in [-0.2, -0.15) is 0 Å². The molecular weight excluding hydrogens is 499 g/mol. The minimum absolute atomic E-state index is 0.0530. The first-order chi connectivity index (χ1) is 18.8.